The smallest absolute Gasteiger partial charge is 0.345 e. The van der Waals surface area contributed by atoms with Crippen molar-refractivity contribution in [1.29, 1.82) is 0 Å². The van der Waals surface area contributed by atoms with Crippen molar-refractivity contribution < 1.29 is 23.9 Å². The summed E-state index contributed by atoms with van der Waals surface area (Å²) >= 11 is 0. The van der Waals surface area contributed by atoms with Crippen molar-refractivity contribution in [2.45, 2.75) is 33.1 Å². The highest BCUT2D eigenvalue weighted by Gasteiger charge is 2.20. The van der Waals surface area contributed by atoms with Gasteiger partial charge >= 0.3 is 11.9 Å². The molecule has 0 aliphatic heterocycles. The van der Waals surface area contributed by atoms with Crippen LogP contribution in [0.25, 0.3) is 0 Å². The molecule has 0 saturated heterocycles. The number of hydrogen-bond acceptors (Lipinski definition) is 5. The second-order valence-corrected chi connectivity index (χ2v) is 3.16. The van der Waals surface area contributed by atoms with Gasteiger partial charge in [0.15, 0.2) is 0 Å². The minimum absolute atomic E-state index is 0.0976. The number of carbonyl (C=O) groups is 3. The molecule has 17 heavy (non-hydrogen) atoms. The van der Waals surface area contributed by atoms with Gasteiger partial charge in [0, 0.05) is 6.42 Å². The molecule has 0 rings (SSSR count). The third-order valence-corrected chi connectivity index (χ3v) is 1.87. The Balaban J connectivity index is 4.53. The molecule has 0 spiro atoms. The Labute approximate surface area is 101 Å². The SMILES string of the molecule is CCOC(=O)C(=CCCCC=O)C(=O)OCC. The zero-order valence-corrected chi connectivity index (χ0v) is 10.2. The number of carbonyl (C=O) groups excluding carboxylic acids is 3. The molecule has 0 radical (unpaired) electrons. The van der Waals surface area contributed by atoms with Crippen LogP contribution in [0.15, 0.2) is 11.6 Å². The number of aldehydes is 1. The first-order valence-corrected chi connectivity index (χ1v) is 5.65. The van der Waals surface area contributed by atoms with Crippen LogP contribution in [-0.4, -0.2) is 31.4 Å². The largest absolute Gasteiger partial charge is 0.462 e. The topological polar surface area (TPSA) is 69.7 Å². The van der Waals surface area contributed by atoms with E-state index in [4.69, 9.17) is 9.47 Å². The number of rotatable bonds is 8. The maximum atomic E-state index is 11.5. The van der Waals surface area contributed by atoms with E-state index in [0.717, 1.165) is 6.29 Å². The predicted molar refractivity (Wildman–Crippen MR) is 61.3 cm³/mol. The Morgan fingerprint density at radius 3 is 1.94 bits per heavy atom. The first kappa shape index (κ1) is 15.3. The van der Waals surface area contributed by atoms with Crippen molar-refractivity contribution in [1.82, 2.24) is 0 Å². The monoisotopic (exact) mass is 242 g/mol. The summed E-state index contributed by atoms with van der Waals surface area (Å²) in [6.07, 6.45) is 3.70. The summed E-state index contributed by atoms with van der Waals surface area (Å²) in [6, 6.07) is 0. The van der Waals surface area contributed by atoms with Gasteiger partial charge in [0.25, 0.3) is 0 Å². The van der Waals surface area contributed by atoms with Crippen LogP contribution >= 0.6 is 0 Å². The fourth-order valence-corrected chi connectivity index (χ4v) is 1.12. The van der Waals surface area contributed by atoms with Gasteiger partial charge in [-0.1, -0.05) is 6.08 Å². The summed E-state index contributed by atoms with van der Waals surface area (Å²) in [5.41, 5.74) is -0.0976. The van der Waals surface area contributed by atoms with Crippen LogP contribution in [0.3, 0.4) is 0 Å². The average molecular weight is 242 g/mol. The molecule has 0 fully saturated rings. The predicted octanol–water partition coefficient (Wildman–Crippen LogP) is 1.41. The molecule has 0 unspecified atom stereocenters. The van der Waals surface area contributed by atoms with E-state index in [-0.39, 0.29) is 18.8 Å². The Morgan fingerprint density at radius 1 is 1.00 bits per heavy atom. The van der Waals surface area contributed by atoms with Crippen LogP contribution in [0.4, 0.5) is 0 Å². The van der Waals surface area contributed by atoms with E-state index < -0.39 is 11.9 Å². The van der Waals surface area contributed by atoms with E-state index in [2.05, 4.69) is 0 Å². The lowest BCUT2D eigenvalue weighted by Crippen LogP contribution is -2.18. The van der Waals surface area contributed by atoms with Crippen LogP contribution in [0.2, 0.25) is 0 Å². The number of hydrogen-bond donors (Lipinski definition) is 0. The lowest BCUT2D eigenvalue weighted by molar-refractivity contribution is -0.146. The van der Waals surface area contributed by atoms with Crippen molar-refractivity contribution >= 4 is 18.2 Å². The number of esters is 2. The molecule has 0 heterocycles. The van der Waals surface area contributed by atoms with Crippen molar-refractivity contribution in [2.75, 3.05) is 13.2 Å². The van der Waals surface area contributed by atoms with Gasteiger partial charge in [-0.2, -0.15) is 0 Å². The van der Waals surface area contributed by atoms with Gasteiger partial charge in [0.2, 0.25) is 0 Å². The van der Waals surface area contributed by atoms with Gasteiger partial charge in [0.1, 0.15) is 11.9 Å². The quantitative estimate of drug-likeness (QED) is 0.161. The lowest BCUT2D eigenvalue weighted by Gasteiger charge is -2.06. The third-order valence-electron chi connectivity index (χ3n) is 1.87. The zero-order valence-electron chi connectivity index (χ0n) is 10.2. The van der Waals surface area contributed by atoms with E-state index in [1.807, 2.05) is 0 Å². The highest BCUT2D eigenvalue weighted by atomic mass is 16.6. The molecule has 0 bridgehead atoms. The van der Waals surface area contributed by atoms with Gasteiger partial charge in [-0.3, -0.25) is 0 Å². The maximum Gasteiger partial charge on any atom is 0.345 e. The van der Waals surface area contributed by atoms with E-state index in [0.29, 0.717) is 19.3 Å². The second-order valence-electron chi connectivity index (χ2n) is 3.16. The minimum atomic E-state index is -0.683. The second kappa shape index (κ2) is 9.57. The van der Waals surface area contributed by atoms with E-state index >= 15 is 0 Å². The van der Waals surface area contributed by atoms with Gasteiger partial charge in [-0.05, 0) is 26.7 Å². The summed E-state index contributed by atoms with van der Waals surface area (Å²) in [5.74, 6) is -1.37. The van der Waals surface area contributed by atoms with Gasteiger partial charge in [-0.25, -0.2) is 9.59 Å². The number of ether oxygens (including phenoxy) is 2. The molecule has 0 saturated carbocycles. The molecule has 0 aromatic rings. The molecule has 0 aromatic heterocycles. The van der Waals surface area contributed by atoms with Gasteiger partial charge in [-0.15, -0.1) is 0 Å². The minimum Gasteiger partial charge on any atom is -0.462 e. The Hall–Kier alpha value is -1.65. The summed E-state index contributed by atoms with van der Waals surface area (Å²) in [6.45, 7) is 3.72. The van der Waals surface area contributed by atoms with Crippen LogP contribution in [0.1, 0.15) is 33.1 Å². The standard InChI is InChI=1S/C12H18O5/c1-3-16-11(14)10(12(15)17-4-2)8-6-5-7-9-13/h8-9H,3-7H2,1-2H3. The first-order chi connectivity index (χ1) is 8.17. The molecule has 0 aliphatic carbocycles. The van der Waals surface area contributed by atoms with Crippen molar-refractivity contribution in [3.8, 4) is 0 Å². The third kappa shape index (κ3) is 6.50. The van der Waals surface area contributed by atoms with Gasteiger partial charge < -0.3 is 14.3 Å². The highest BCUT2D eigenvalue weighted by Crippen LogP contribution is 2.06. The normalized spacial score (nSPS) is 9.29. The maximum absolute atomic E-state index is 11.5. The molecular formula is C12H18O5. The van der Waals surface area contributed by atoms with Crippen LogP contribution in [0.5, 0.6) is 0 Å². The van der Waals surface area contributed by atoms with Crippen molar-refractivity contribution in [3.63, 3.8) is 0 Å². The van der Waals surface area contributed by atoms with Gasteiger partial charge in [0.05, 0.1) is 13.2 Å². The van der Waals surface area contributed by atoms with E-state index in [1.54, 1.807) is 13.8 Å². The van der Waals surface area contributed by atoms with Crippen LogP contribution < -0.4 is 0 Å². The Bertz CT molecular complexity index is 273. The van der Waals surface area contributed by atoms with E-state index in [9.17, 15) is 14.4 Å². The highest BCUT2D eigenvalue weighted by molar-refractivity contribution is 6.14. The molecule has 5 heteroatoms. The summed E-state index contributed by atoms with van der Waals surface area (Å²) in [7, 11) is 0. The molecule has 0 atom stereocenters. The first-order valence-electron chi connectivity index (χ1n) is 5.65. The fraction of sp³-hybridized carbons (Fsp3) is 0.583. The molecule has 0 N–H and O–H groups in total. The lowest BCUT2D eigenvalue weighted by atomic mass is 10.1. The zero-order chi connectivity index (χ0) is 13.1. The van der Waals surface area contributed by atoms with Crippen LogP contribution in [-0.2, 0) is 23.9 Å². The molecule has 0 aliphatic rings. The molecule has 5 nitrogen and oxygen atoms in total. The van der Waals surface area contributed by atoms with E-state index in [1.165, 1.54) is 6.08 Å². The number of unbranched alkanes of at least 4 members (excludes halogenated alkanes) is 2. The Morgan fingerprint density at radius 2 is 1.53 bits per heavy atom. The summed E-state index contributed by atoms with van der Waals surface area (Å²) in [4.78, 5) is 33.0. The summed E-state index contributed by atoms with van der Waals surface area (Å²) in [5, 5.41) is 0. The average Bonchev–Trinajstić information content (AvgIpc) is 2.29. The fourth-order valence-electron chi connectivity index (χ4n) is 1.12. The molecule has 0 aromatic carbocycles. The number of allylic oxidation sites excluding steroid dienone is 1. The molecule has 0 amide bonds. The summed E-state index contributed by atoms with van der Waals surface area (Å²) < 4.78 is 9.50. The van der Waals surface area contributed by atoms with Crippen molar-refractivity contribution in [2.24, 2.45) is 0 Å². The molecular weight excluding hydrogens is 224 g/mol. The van der Waals surface area contributed by atoms with Crippen molar-refractivity contribution in [3.05, 3.63) is 11.6 Å². The molecule has 96 valence electrons. The Kier molecular flexibility index (Phi) is 8.64. The van der Waals surface area contributed by atoms with Crippen LogP contribution in [0, 0.1) is 0 Å².